The summed E-state index contributed by atoms with van der Waals surface area (Å²) in [6.45, 7) is 2.20. The quantitative estimate of drug-likeness (QED) is 0.846. The van der Waals surface area contributed by atoms with E-state index in [4.69, 9.17) is 4.74 Å². The lowest BCUT2D eigenvalue weighted by Gasteiger charge is -2.40. The summed E-state index contributed by atoms with van der Waals surface area (Å²) < 4.78 is 33.7. The van der Waals surface area contributed by atoms with Gasteiger partial charge in [0, 0.05) is 32.2 Å². The van der Waals surface area contributed by atoms with E-state index in [0.717, 1.165) is 38.7 Å². The first-order valence-corrected chi connectivity index (χ1v) is 9.95. The number of alkyl halides is 2. The zero-order chi connectivity index (χ0) is 18.8. The molecule has 7 nitrogen and oxygen atoms in total. The van der Waals surface area contributed by atoms with E-state index in [2.05, 4.69) is 15.4 Å². The van der Waals surface area contributed by atoms with Crippen LogP contribution in [0.3, 0.4) is 0 Å². The number of hydrogen-bond acceptors (Lipinski definition) is 5. The SMILES string of the molecule is O=C(CC[C@H]1CCCO1)N1CCC([C@@H]2C[C@H](C(F)F)n3ncnc3N2)CC1. The van der Waals surface area contributed by atoms with Crippen LogP contribution in [0, 0.1) is 5.92 Å². The Morgan fingerprint density at radius 3 is 2.85 bits per heavy atom. The predicted octanol–water partition coefficient (Wildman–Crippen LogP) is 2.47. The van der Waals surface area contributed by atoms with Gasteiger partial charge >= 0.3 is 0 Å². The Hall–Kier alpha value is -1.77. The third-order valence-corrected chi connectivity index (χ3v) is 6.15. The van der Waals surface area contributed by atoms with Crippen molar-refractivity contribution in [1.29, 1.82) is 0 Å². The summed E-state index contributed by atoms with van der Waals surface area (Å²) in [4.78, 5) is 18.4. The highest BCUT2D eigenvalue weighted by molar-refractivity contribution is 5.76. The van der Waals surface area contributed by atoms with Crippen LogP contribution in [0.25, 0.3) is 0 Å². The molecular weight excluding hydrogens is 356 g/mol. The maximum atomic E-state index is 13.4. The molecule has 0 aromatic carbocycles. The molecule has 2 saturated heterocycles. The number of hydrogen-bond donors (Lipinski definition) is 1. The number of rotatable bonds is 5. The van der Waals surface area contributed by atoms with Crippen LogP contribution in [0.15, 0.2) is 6.33 Å². The Morgan fingerprint density at radius 1 is 1.33 bits per heavy atom. The van der Waals surface area contributed by atoms with E-state index in [0.29, 0.717) is 31.9 Å². The first kappa shape index (κ1) is 18.6. The lowest BCUT2D eigenvalue weighted by molar-refractivity contribution is -0.133. The van der Waals surface area contributed by atoms with E-state index < -0.39 is 12.5 Å². The number of anilines is 1. The van der Waals surface area contributed by atoms with Gasteiger partial charge in [0.05, 0.1) is 6.10 Å². The van der Waals surface area contributed by atoms with Crippen LogP contribution >= 0.6 is 0 Å². The average molecular weight is 383 g/mol. The van der Waals surface area contributed by atoms with Crippen molar-refractivity contribution in [2.75, 3.05) is 25.0 Å². The minimum atomic E-state index is -2.46. The number of halogens is 2. The van der Waals surface area contributed by atoms with E-state index in [1.165, 1.54) is 11.0 Å². The summed E-state index contributed by atoms with van der Waals surface area (Å²) in [5, 5.41) is 7.20. The third-order valence-electron chi connectivity index (χ3n) is 6.15. The number of nitrogens with one attached hydrogen (secondary N) is 1. The standard InChI is InChI=1S/C18H27F2N5O2/c19-17(20)15-10-14(23-18-21-11-22-25(15)18)12-5-7-24(8-6-12)16(26)4-3-13-2-1-9-27-13/h11-15,17H,1-10H2,(H,21,22,23)/t13-,14+,15-/m1/s1. The van der Waals surface area contributed by atoms with Gasteiger partial charge < -0.3 is 15.0 Å². The monoisotopic (exact) mass is 383 g/mol. The van der Waals surface area contributed by atoms with Gasteiger partial charge in [0.25, 0.3) is 6.43 Å². The van der Waals surface area contributed by atoms with Crippen LogP contribution in [0.4, 0.5) is 14.7 Å². The van der Waals surface area contributed by atoms with Crippen molar-refractivity contribution in [3.05, 3.63) is 6.33 Å². The molecule has 3 atom stereocenters. The van der Waals surface area contributed by atoms with Gasteiger partial charge in [-0.25, -0.2) is 13.5 Å². The van der Waals surface area contributed by atoms with Crippen LogP contribution in [-0.4, -0.2) is 63.8 Å². The number of carbonyl (C=O) groups excluding carboxylic acids is 1. The number of fused-ring (bicyclic) bond motifs is 1. The molecule has 2 fully saturated rings. The maximum Gasteiger partial charge on any atom is 0.260 e. The highest BCUT2D eigenvalue weighted by Crippen LogP contribution is 2.35. The fourth-order valence-corrected chi connectivity index (χ4v) is 4.57. The zero-order valence-electron chi connectivity index (χ0n) is 15.4. The first-order valence-electron chi connectivity index (χ1n) is 9.95. The van der Waals surface area contributed by atoms with E-state index in [1.807, 2.05) is 4.90 Å². The highest BCUT2D eigenvalue weighted by atomic mass is 19.3. The van der Waals surface area contributed by atoms with Gasteiger partial charge in [0.1, 0.15) is 12.4 Å². The fraction of sp³-hybridized carbons (Fsp3) is 0.833. The number of likely N-dealkylation sites (tertiary alicyclic amines) is 1. The molecule has 9 heteroatoms. The van der Waals surface area contributed by atoms with E-state index in [1.54, 1.807) is 0 Å². The molecule has 0 saturated carbocycles. The second-order valence-electron chi connectivity index (χ2n) is 7.81. The number of carbonyl (C=O) groups is 1. The second-order valence-corrected chi connectivity index (χ2v) is 7.81. The Kier molecular flexibility index (Phi) is 5.56. The molecule has 0 unspecified atom stereocenters. The molecular formula is C18H27F2N5O2. The number of amides is 1. The molecule has 3 aliphatic rings. The van der Waals surface area contributed by atoms with Crippen LogP contribution in [0.1, 0.15) is 51.0 Å². The first-order chi connectivity index (χ1) is 13.1. The molecule has 4 heterocycles. The van der Waals surface area contributed by atoms with Gasteiger partial charge in [-0.3, -0.25) is 4.79 Å². The molecule has 27 heavy (non-hydrogen) atoms. The number of nitrogens with zero attached hydrogens (tertiary/aromatic N) is 4. The smallest absolute Gasteiger partial charge is 0.260 e. The molecule has 150 valence electrons. The zero-order valence-corrected chi connectivity index (χ0v) is 15.4. The Bertz CT molecular complexity index is 641. The topological polar surface area (TPSA) is 72.3 Å². The maximum absolute atomic E-state index is 13.4. The molecule has 3 aliphatic heterocycles. The van der Waals surface area contributed by atoms with Crippen molar-refractivity contribution in [3.63, 3.8) is 0 Å². The van der Waals surface area contributed by atoms with Gasteiger partial charge in [0.15, 0.2) is 0 Å². The second kappa shape index (κ2) is 8.08. The molecule has 1 aromatic heterocycles. The number of piperidine rings is 1. The van der Waals surface area contributed by atoms with Crippen LogP contribution in [0.2, 0.25) is 0 Å². The van der Waals surface area contributed by atoms with E-state index in [-0.39, 0.29) is 24.0 Å². The van der Waals surface area contributed by atoms with Gasteiger partial charge in [-0.15, -0.1) is 0 Å². The normalized spacial score (nSPS) is 29.0. The van der Waals surface area contributed by atoms with Gasteiger partial charge in [-0.2, -0.15) is 10.1 Å². The molecule has 0 bridgehead atoms. The van der Waals surface area contributed by atoms with E-state index in [9.17, 15) is 13.6 Å². The highest BCUT2D eigenvalue weighted by Gasteiger charge is 2.38. The lowest BCUT2D eigenvalue weighted by atomic mass is 9.85. The van der Waals surface area contributed by atoms with Crippen molar-refractivity contribution in [3.8, 4) is 0 Å². The summed E-state index contributed by atoms with van der Waals surface area (Å²) >= 11 is 0. The molecule has 1 amide bonds. The third kappa shape index (κ3) is 4.07. The molecule has 0 radical (unpaired) electrons. The summed E-state index contributed by atoms with van der Waals surface area (Å²) in [6, 6.07) is -0.982. The van der Waals surface area contributed by atoms with Gasteiger partial charge in [-0.1, -0.05) is 0 Å². The fourth-order valence-electron chi connectivity index (χ4n) is 4.57. The minimum Gasteiger partial charge on any atom is -0.378 e. The van der Waals surface area contributed by atoms with Crippen molar-refractivity contribution in [1.82, 2.24) is 19.7 Å². The Labute approximate surface area is 157 Å². The van der Waals surface area contributed by atoms with Crippen LogP contribution in [-0.2, 0) is 9.53 Å². The Morgan fingerprint density at radius 2 is 2.15 bits per heavy atom. The van der Waals surface area contributed by atoms with Crippen molar-refractivity contribution in [2.24, 2.45) is 5.92 Å². The molecule has 0 spiro atoms. The van der Waals surface area contributed by atoms with Crippen molar-refractivity contribution >= 4 is 11.9 Å². The molecule has 1 N–H and O–H groups in total. The average Bonchev–Trinajstić information content (AvgIpc) is 3.36. The summed E-state index contributed by atoms with van der Waals surface area (Å²) in [5.41, 5.74) is 0. The van der Waals surface area contributed by atoms with E-state index >= 15 is 0 Å². The Balaban J connectivity index is 1.28. The predicted molar refractivity (Wildman–Crippen MR) is 94.6 cm³/mol. The number of ether oxygens (including phenoxy) is 1. The lowest BCUT2D eigenvalue weighted by Crippen LogP contribution is -2.46. The molecule has 4 rings (SSSR count). The van der Waals surface area contributed by atoms with Crippen molar-refractivity contribution in [2.45, 2.75) is 69.6 Å². The van der Waals surface area contributed by atoms with Gasteiger partial charge in [0.2, 0.25) is 11.9 Å². The number of aromatic nitrogens is 3. The molecule has 0 aliphatic carbocycles. The van der Waals surface area contributed by atoms with Gasteiger partial charge in [-0.05, 0) is 44.4 Å². The van der Waals surface area contributed by atoms with Crippen LogP contribution < -0.4 is 5.32 Å². The minimum absolute atomic E-state index is 0.0511. The summed E-state index contributed by atoms with van der Waals surface area (Å²) in [6.07, 6.45) is 4.56. The van der Waals surface area contributed by atoms with Crippen LogP contribution in [0.5, 0.6) is 0 Å². The van der Waals surface area contributed by atoms with Crippen molar-refractivity contribution < 1.29 is 18.3 Å². The largest absolute Gasteiger partial charge is 0.378 e. The summed E-state index contributed by atoms with van der Waals surface area (Å²) in [7, 11) is 0. The summed E-state index contributed by atoms with van der Waals surface area (Å²) in [5.74, 6) is 0.872. The molecule has 1 aromatic rings.